The van der Waals surface area contributed by atoms with E-state index in [1.165, 1.54) is 63.9 Å². The Bertz CT molecular complexity index is 763. The van der Waals surface area contributed by atoms with E-state index in [-0.39, 0.29) is 0 Å². The second-order valence-corrected chi connectivity index (χ2v) is 8.76. The van der Waals surface area contributed by atoms with Crippen molar-refractivity contribution in [1.82, 2.24) is 0 Å². The zero-order valence-corrected chi connectivity index (χ0v) is 17.6. The Morgan fingerprint density at radius 2 is 1.46 bits per heavy atom. The smallest absolute Gasteiger partial charge is 0.159 e. The second kappa shape index (κ2) is 10.4. The van der Waals surface area contributed by atoms with Gasteiger partial charge in [-0.05, 0) is 59.6 Å². The van der Waals surface area contributed by atoms with Crippen LogP contribution in [0.4, 0.5) is 8.78 Å². The molecule has 0 radical (unpaired) electrons. The van der Waals surface area contributed by atoms with E-state index in [1.54, 1.807) is 6.07 Å². The van der Waals surface area contributed by atoms with E-state index in [9.17, 15) is 8.78 Å². The summed E-state index contributed by atoms with van der Waals surface area (Å²) in [4.78, 5) is 0. The Labute approximate surface area is 173 Å². The fourth-order valence-electron chi connectivity index (χ4n) is 4.46. The maximum Gasteiger partial charge on any atom is 0.159 e. The van der Waals surface area contributed by atoms with E-state index in [0.29, 0.717) is 5.56 Å². The highest BCUT2D eigenvalue weighted by atomic mass is 35.5. The van der Waals surface area contributed by atoms with Crippen LogP contribution in [0, 0.1) is 23.5 Å². The monoisotopic (exact) mass is 404 g/mol. The maximum atomic E-state index is 13.5. The summed E-state index contributed by atoms with van der Waals surface area (Å²) in [5, 5.41) is 0.718. The minimum atomic E-state index is -0.831. The molecule has 2 aromatic carbocycles. The van der Waals surface area contributed by atoms with Crippen molar-refractivity contribution in [3.8, 4) is 11.1 Å². The van der Waals surface area contributed by atoms with Crippen LogP contribution in [-0.2, 0) is 6.42 Å². The number of unbranched alkanes of at least 4 members (excludes halogenated alkanes) is 2. The van der Waals surface area contributed by atoms with Crippen LogP contribution in [0.2, 0.25) is 5.02 Å². The molecule has 0 nitrogen and oxygen atoms in total. The summed E-state index contributed by atoms with van der Waals surface area (Å²) in [7, 11) is 0. The Hall–Kier alpha value is -1.41. The van der Waals surface area contributed by atoms with Gasteiger partial charge in [0.2, 0.25) is 0 Å². The number of hydrogen-bond donors (Lipinski definition) is 0. The van der Waals surface area contributed by atoms with Gasteiger partial charge in [0.25, 0.3) is 0 Å². The highest BCUT2D eigenvalue weighted by Gasteiger charge is 2.21. The molecule has 0 spiro atoms. The van der Waals surface area contributed by atoms with Crippen molar-refractivity contribution >= 4 is 11.6 Å². The molecule has 1 aliphatic carbocycles. The van der Waals surface area contributed by atoms with Gasteiger partial charge in [0, 0.05) is 5.02 Å². The third-order valence-corrected chi connectivity index (χ3v) is 6.66. The van der Waals surface area contributed by atoms with Gasteiger partial charge in [-0.1, -0.05) is 88.1 Å². The molecule has 1 fully saturated rings. The molecule has 3 rings (SSSR count). The van der Waals surface area contributed by atoms with Crippen LogP contribution in [0.5, 0.6) is 0 Å². The molecule has 1 saturated carbocycles. The molecular weight excluding hydrogens is 374 g/mol. The third-order valence-electron chi connectivity index (χ3n) is 6.31. The summed E-state index contributed by atoms with van der Waals surface area (Å²) in [5.74, 6) is 0.0979. The quantitative estimate of drug-likeness (QED) is 0.386. The molecule has 0 heterocycles. The van der Waals surface area contributed by atoms with Gasteiger partial charge in [0.15, 0.2) is 11.6 Å². The second-order valence-electron chi connectivity index (χ2n) is 8.36. The summed E-state index contributed by atoms with van der Waals surface area (Å²) in [5.41, 5.74) is 2.62. The number of benzene rings is 2. The Kier molecular flexibility index (Phi) is 7.91. The van der Waals surface area contributed by atoms with Crippen molar-refractivity contribution < 1.29 is 8.78 Å². The fourth-order valence-corrected chi connectivity index (χ4v) is 4.73. The Morgan fingerprint density at radius 3 is 2.11 bits per heavy atom. The number of aryl methyl sites for hydroxylation is 1. The summed E-state index contributed by atoms with van der Waals surface area (Å²) < 4.78 is 26.6. The summed E-state index contributed by atoms with van der Waals surface area (Å²) in [6.07, 6.45) is 13.1. The molecule has 2 aromatic rings. The van der Waals surface area contributed by atoms with E-state index in [1.807, 2.05) is 18.2 Å². The molecule has 0 aliphatic heterocycles. The molecule has 0 saturated heterocycles. The third kappa shape index (κ3) is 5.80. The first-order valence-corrected chi connectivity index (χ1v) is 11.2. The van der Waals surface area contributed by atoms with Gasteiger partial charge < -0.3 is 0 Å². The van der Waals surface area contributed by atoms with E-state index >= 15 is 0 Å². The predicted octanol–water partition coefficient (Wildman–Crippen LogP) is 8.60. The Morgan fingerprint density at radius 1 is 0.821 bits per heavy atom. The SMILES string of the molecule is CCCCCC1CCC(CCc2ccc(-c3ccc(F)c(F)c3)cc2Cl)CC1. The van der Waals surface area contributed by atoms with E-state index in [0.717, 1.165) is 40.5 Å². The minimum Gasteiger partial charge on any atom is -0.204 e. The standard InChI is InChI=1S/C25H31ClF2/c1-2-3-4-5-18-6-8-19(9-7-18)10-11-20-12-13-21(16-23(20)26)22-14-15-24(27)25(28)17-22/h12-19H,2-11H2,1H3. The van der Waals surface area contributed by atoms with Crippen molar-refractivity contribution in [3.05, 3.63) is 58.6 Å². The lowest BCUT2D eigenvalue weighted by Gasteiger charge is -2.28. The summed E-state index contributed by atoms with van der Waals surface area (Å²) in [6, 6.07) is 9.83. The lowest BCUT2D eigenvalue weighted by atomic mass is 9.78. The van der Waals surface area contributed by atoms with Crippen molar-refractivity contribution in [2.75, 3.05) is 0 Å². The summed E-state index contributed by atoms with van der Waals surface area (Å²) in [6.45, 7) is 2.27. The van der Waals surface area contributed by atoms with Gasteiger partial charge in [-0.2, -0.15) is 0 Å². The van der Waals surface area contributed by atoms with Gasteiger partial charge in [0.05, 0.1) is 0 Å². The van der Waals surface area contributed by atoms with E-state index in [2.05, 4.69) is 6.92 Å². The molecule has 0 N–H and O–H groups in total. The van der Waals surface area contributed by atoms with Gasteiger partial charge in [-0.25, -0.2) is 8.78 Å². The first-order chi connectivity index (χ1) is 13.6. The van der Waals surface area contributed by atoms with Crippen LogP contribution in [0.3, 0.4) is 0 Å². The van der Waals surface area contributed by atoms with Crippen LogP contribution in [0.1, 0.15) is 70.3 Å². The highest BCUT2D eigenvalue weighted by Crippen LogP contribution is 2.35. The molecule has 152 valence electrons. The van der Waals surface area contributed by atoms with Crippen LogP contribution < -0.4 is 0 Å². The number of halogens is 3. The van der Waals surface area contributed by atoms with E-state index < -0.39 is 11.6 Å². The van der Waals surface area contributed by atoms with E-state index in [4.69, 9.17) is 11.6 Å². The van der Waals surface area contributed by atoms with Crippen molar-refractivity contribution in [2.45, 2.75) is 71.1 Å². The average Bonchev–Trinajstić information content (AvgIpc) is 2.70. The highest BCUT2D eigenvalue weighted by molar-refractivity contribution is 6.31. The molecule has 0 bridgehead atoms. The summed E-state index contributed by atoms with van der Waals surface area (Å²) >= 11 is 6.49. The molecular formula is C25H31ClF2. The van der Waals surface area contributed by atoms with Crippen molar-refractivity contribution in [3.63, 3.8) is 0 Å². The predicted molar refractivity (Wildman–Crippen MR) is 115 cm³/mol. The van der Waals surface area contributed by atoms with Gasteiger partial charge >= 0.3 is 0 Å². The molecule has 0 aromatic heterocycles. The molecule has 28 heavy (non-hydrogen) atoms. The average molecular weight is 405 g/mol. The largest absolute Gasteiger partial charge is 0.204 e. The van der Waals surface area contributed by atoms with Crippen LogP contribution in [0.15, 0.2) is 36.4 Å². The van der Waals surface area contributed by atoms with Crippen LogP contribution >= 0.6 is 11.6 Å². The number of rotatable bonds is 8. The maximum absolute atomic E-state index is 13.5. The van der Waals surface area contributed by atoms with Crippen molar-refractivity contribution in [2.24, 2.45) is 11.8 Å². The van der Waals surface area contributed by atoms with Gasteiger partial charge in [0.1, 0.15) is 0 Å². The van der Waals surface area contributed by atoms with Gasteiger partial charge in [-0.15, -0.1) is 0 Å². The molecule has 1 aliphatic rings. The first-order valence-electron chi connectivity index (χ1n) is 10.8. The van der Waals surface area contributed by atoms with Crippen LogP contribution in [0.25, 0.3) is 11.1 Å². The normalized spacial score (nSPS) is 19.7. The number of hydrogen-bond acceptors (Lipinski definition) is 0. The topological polar surface area (TPSA) is 0 Å². The lowest BCUT2D eigenvalue weighted by molar-refractivity contribution is 0.249. The molecule has 0 amide bonds. The zero-order chi connectivity index (χ0) is 19.9. The van der Waals surface area contributed by atoms with Crippen LogP contribution in [-0.4, -0.2) is 0 Å². The fraction of sp³-hybridized carbons (Fsp3) is 0.520. The minimum absolute atomic E-state index is 0.647. The first kappa shape index (κ1) is 21.3. The Balaban J connectivity index is 1.51. The van der Waals surface area contributed by atoms with Crippen molar-refractivity contribution in [1.29, 1.82) is 0 Å². The van der Waals surface area contributed by atoms with Gasteiger partial charge in [-0.3, -0.25) is 0 Å². The lowest BCUT2D eigenvalue weighted by Crippen LogP contribution is -2.15. The molecule has 3 heteroatoms. The zero-order valence-electron chi connectivity index (χ0n) is 16.8. The molecule has 0 atom stereocenters. The molecule has 0 unspecified atom stereocenters.